The summed E-state index contributed by atoms with van der Waals surface area (Å²) >= 11 is 0. The first-order chi connectivity index (χ1) is 13.5. The SMILES string of the molecule is CCCOc1ccc(NC(=O)CNc2cccc(C(=O)NC(C)CC)c2)cc1. The van der Waals surface area contributed by atoms with E-state index < -0.39 is 0 Å². The van der Waals surface area contributed by atoms with Crippen LogP contribution in [-0.2, 0) is 4.79 Å². The second-order valence-corrected chi connectivity index (χ2v) is 6.64. The van der Waals surface area contributed by atoms with Crippen LogP contribution in [0, 0.1) is 0 Å². The van der Waals surface area contributed by atoms with Crippen molar-refractivity contribution in [2.75, 3.05) is 23.8 Å². The van der Waals surface area contributed by atoms with E-state index in [9.17, 15) is 9.59 Å². The number of carbonyl (C=O) groups is 2. The minimum atomic E-state index is -0.170. The molecule has 2 rings (SSSR count). The van der Waals surface area contributed by atoms with Crippen LogP contribution in [0.25, 0.3) is 0 Å². The number of anilines is 2. The van der Waals surface area contributed by atoms with E-state index in [1.165, 1.54) is 0 Å². The Morgan fingerprint density at radius 1 is 1.04 bits per heavy atom. The lowest BCUT2D eigenvalue weighted by Crippen LogP contribution is -2.31. The first-order valence-electron chi connectivity index (χ1n) is 9.69. The molecule has 6 nitrogen and oxygen atoms in total. The van der Waals surface area contributed by atoms with Crippen LogP contribution < -0.4 is 20.7 Å². The van der Waals surface area contributed by atoms with Crippen LogP contribution in [0.15, 0.2) is 48.5 Å². The molecule has 0 aliphatic heterocycles. The fourth-order valence-corrected chi connectivity index (χ4v) is 2.42. The number of benzene rings is 2. The molecule has 0 saturated carbocycles. The van der Waals surface area contributed by atoms with Gasteiger partial charge in [-0.05, 0) is 62.2 Å². The first-order valence-corrected chi connectivity index (χ1v) is 9.69. The van der Waals surface area contributed by atoms with Crippen LogP contribution in [0.5, 0.6) is 5.75 Å². The third kappa shape index (κ3) is 6.95. The fourth-order valence-electron chi connectivity index (χ4n) is 2.42. The molecule has 0 spiro atoms. The zero-order valence-electron chi connectivity index (χ0n) is 16.7. The number of nitrogens with one attached hydrogen (secondary N) is 3. The van der Waals surface area contributed by atoms with Gasteiger partial charge in [0, 0.05) is 23.0 Å². The molecule has 3 N–H and O–H groups in total. The van der Waals surface area contributed by atoms with Crippen molar-refractivity contribution in [3.05, 3.63) is 54.1 Å². The molecule has 1 unspecified atom stereocenters. The van der Waals surface area contributed by atoms with Crippen LogP contribution >= 0.6 is 0 Å². The van der Waals surface area contributed by atoms with Gasteiger partial charge in [0.1, 0.15) is 5.75 Å². The quantitative estimate of drug-likeness (QED) is 0.578. The Kier molecular flexibility index (Phi) is 8.34. The predicted molar refractivity (Wildman–Crippen MR) is 113 cm³/mol. The van der Waals surface area contributed by atoms with E-state index in [1.54, 1.807) is 18.2 Å². The monoisotopic (exact) mass is 383 g/mol. The Hall–Kier alpha value is -3.02. The molecule has 0 saturated heterocycles. The Morgan fingerprint density at radius 2 is 1.79 bits per heavy atom. The zero-order chi connectivity index (χ0) is 20.4. The molecule has 0 fully saturated rings. The fraction of sp³-hybridized carbons (Fsp3) is 0.364. The third-order valence-corrected chi connectivity index (χ3v) is 4.18. The maximum atomic E-state index is 12.2. The lowest BCUT2D eigenvalue weighted by Gasteiger charge is -2.13. The van der Waals surface area contributed by atoms with Crippen molar-refractivity contribution in [3.8, 4) is 5.75 Å². The predicted octanol–water partition coefficient (Wildman–Crippen LogP) is 4.05. The van der Waals surface area contributed by atoms with Crippen LogP contribution in [0.1, 0.15) is 44.0 Å². The Bertz CT molecular complexity index is 775. The molecule has 0 heterocycles. The molecule has 0 aliphatic carbocycles. The average molecular weight is 383 g/mol. The van der Waals surface area contributed by atoms with Crippen LogP contribution in [0.2, 0.25) is 0 Å². The molecule has 28 heavy (non-hydrogen) atoms. The van der Waals surface area contributed by atoms with E-state index in [0.717, 1.165) is 24.3 Å². The molecule has 2 amide bonds. The largest absolute Gasteiger partial charge is 0.494 e. The van der Waals surface area contributed by atoms with Gasteiger partial charge in [-0.15, -0.1) is 0 Å². The highest BCUT2D eigenvalue weighted by Crippen LogP contribution is 2.16. The van der Waals surface area contributed by atoms with E-state index in [2.05, 4.69) is 22.9 Å². The standard InChI is InChI=1S/C22H29N3O3/c1-4-13-28-20-11-9-18(10-12-20)25-21(26)15-23-19-8-6-7-17(14-19)22(27)24-16(3)5-2/h6-12,14,16,23H,4-5,13,15H2,1-3H3,(H,24,27)(H,25,26). The van der Waals surface area contributed by atoms with Gasteiger partial charge in [-0.2, -0.15) is 0 Å². The molecule has 6 heteroatoms. The Labute approximate surface area is 166 Å². The first kappa shape index (κ1) is 21.3. The Morgan fingerprint density at radius 3 is 2.46 bits per heavy atom. The topological polar surface area (TPSA) is 79.5 Å². The summed E-state index contributed by atoms with van der Waals surface area (Å²) in [5, 5.41) is 8.81. The number of ether oxygens (including phenoxy) is 1. The van der Waals surface area contributed by atoms with Gasteiger partial charge in [-0.1, -0.05) is 19.9 Å². The van der Waals surface area contributed by atoms with Crippen LogP contribution in [-0.4, -0.2) is 31.0 Å². The summed E-state index contributed by atoms with van der Waals surface area (Å²) in [6, 6.07) is 14.5. The van der Waals surface area contributed by atoms with E-state index in [1.807, 2.05) is 44.2 Å². The molecule has 0 bridgehead atoms. The highest BCUT2D eigenvalue weighted by Gasteiger charge is 2.09. The minimum absolute atomic E-state index is 0.102. The van der Waals surface area contributed by atoms with Crippen molar-refractivity contribution < 1.29 is 14.3 Å². The van der Waals surface area contributed by atoms with Crippen molar-refractivity contribution in [1.29, 1.82) is 0 Å². The van der Waals surface area contributed by atoms with Gasteiger partial charge >= 0.3 is 0 Å². The number of hydrogen-bond acceptors (Lipinski definition) is 4. The maximum Gasteiger partial charge on any atom is 0.251 e. The molecule has 150 valence electrons. The summed E-state index contributed by atoms with van der Waals surface area (Å²) < 4.78 is 5.52. The molecule has 0 aliphatic rings. The normalized spacial score (nSPS) is 11.4. The molecule has 1 atom stereocenters. The lowest BCUT2D eigenvalue weighted by molar-refractivity contribution is -0.114. The van der Waals surface area contributed by atoms with Gasteiger partial charge in [0.2, 0.25) is 5.91 Å². The summed E-state index contributed by atoms with van der Waals surface area (Å²) in [5.74, 6) is 0.495. The molecule has 2 aromatic rings. The molecular weight excluding hydrogens is 354 g/mol. The van der Waals surface area contributed by atoms with E-state index in [0.29, 0.717) is 17.9 Å². The summed E-state index contributed by atoms with van der Waals surface area (Å²) in [6.45, 7) is 6.81. The zero-order valence-corrected chi connectivity index (χ0v) is 16.7. The second kappa shape index (κ2) is 11.0. The minimum Gasteiger partial charge on any atom is -0.494 e. The van der Waals surface area contributed by atoms with E-state index in [-0.39, 0.29) is 24.4 Å². The highest BCUT2D eigenvalue weighted by molar-refractivity contribution is 5.96. The van der Waals surface area contributed by atoms with Crippen molar-refractivity contribution in [1.82, 2.24) is 5.32 Å². The van der Waals surface area contributed by atoms with Crippen molar-refractivity contribution >= 4 is 23.2 Å². The average Bonchev–Trinajstić information content (AvgIpc) is 2.71. The van der Waals surface area contributed by atoms with E-state index in [4.69, 9.17) is 4.74 Å². The summed E-state index contributed by atoms with van der Waals surface area (Å²) in [6.07, 6.45) is 1.82. The number of rotatable bonds is 10. The molecular formula is C22H29N3O3. The van der Waals surface area contributed by atoms with Crippen molar-refractivity contribution in [3.63, 3.8) is 0 Å². The van der Waals surface area contributed by atoms with Gasteiger partial charge in [0.05, 0.1) is 13.2 Å². The third-order valence-electron chi connectivity index (χ3n) is 4.18. The highest BCUT2D eigenvalue weighted by atomic mass is 16.5. The Balaban J connectivity index is 1.85. The smallest absolute Gasteiger partial charge is 0.251 e. The van der Waals surface area contributed by atoms with Gasteiger partial charge in [-0.3, -0.25) is 9.59 Å². The lowest BCUT2D eigenvalue weighted by atomic mass is 10.1. The van der Waals surface area contributed by atoms with E-state index >= 15 is 0 Å². The van der Waals surface area contributed by atoms with Gasteiger partial charge in [0.15, 0.2) is 0 Å². The van der Waals surface area contributed by atoms with Crippen LogP contribution in [0.4, 0.5) is 11.4 Å². The molecule has 0 aromatic heterocycles. The number of carbonyl (C=O) groups excluding carboxylic acids is 2. The number of hydrogen-bond donors (Lipinski definition) is 3. The molecule has 0 radical (unpaired) electrons. The molecule has 2 aromatic carbocycles. The summed E-state index contributed by atoms with van der Waals surface area (Å²) in [4.78, 5) is 24.4. The van der Waals surface area contributed by atoms with Gasteiger partial charge < -0.3 is 20.7 Å². The van der Waals surface area contributed by atoms with Crippen molar-refractivity contribution in [2.24, 2.45) is 0 Å². The van der Waals surface area contributed by atoms with Crippen LogP contribution in [0.3, 0.4) is 0 Å². The number of amides is 2. The second-order valence-electron chi connectivity index (χ2n) is 6.64. The van der Waals surface area contributed by atoms with Gasteiger partial charge in [-0.25, -0.2) is 0 Å². The summed E-state index contributed by atoms with van der Waals surface area (Å²) in [7, 11) is 0. The van der Waals surface area contributed by atoms with Crippen molar-refractivity contribution in [2.45, 2.75) is 39.7 Å². The summed E-state index contributed by atoms with van der Waals surface area (Å²) in [5.41, 5.74) is 1.99. The van der Waals surface area contributed by atoms with Gasteiger partial charge in [0.25, 0.3) is 5.91 Å². The maximum absolute atomic E-state index is 12.2.